The van der Waals surface area contributed by atoms with E-state index in [0.717, 1.165) is 80.3 Å². The predicted octanol–water partition coefficient (Wildman–Crippen LogP) is 2.11. The van der Waals surface area contributed by atoms with Crippen molar-refractivity contribution < 1.29 is 19.1 Å². The highest BCUT2D eigenvalue weighted by Crippen LogP contribution is 2.25. The van der Waals surface area contributed by atoms with Gasteiger partial charge >= 0.3 is 5.97 Å². The van der Waals surface area contributed by atoms with E-state index >= 15 is 0 Å². The lowest BCUT2D eigenvalue weighted by molar-refractivity contribution is -0.144. The van der Waals surface area contributed by atoms with E-state index in [1.54, 1.807) is 13.1 Å². The minimum absolute atomic E-state index is 0.0332. The number of likely N-dealkylation sites (tertiary alicyclic amines) is 1. The van der Waals surface area contributed by atoms with Gasteiger partial charge < -0.3 is 42.0 Å². The number of rotatable bonds is 23. The highest BCUT2D eigenvalue weighted by atomic mass is 16.5. The normalized spacial score (nSPS) is 15.6. The molecule has 1 saturated carbocycles. The number of nitrogens with two attached hydrogens (primary N) is 1. The Bertz CT molecular complexity index is 1920. The standard InChI is InChI=1S/C40H61N15O4/c1-2-59-37(57)28-55-27-31(50-52-55)24-44-39(58)34(41)14-15-36(56)53-22-16-30(17-23-53)46-38-33-12-6-7-13-35(33)47-40(48-38)45-25-32-26-54(51-49-32)21-9-19-42-18-8-20-43-29-10-4-3-5-11-29/h6-7,12-13,26-27,29-30,34,42-43H,2-5,8-11,14-25,28,41H2,1H3,(H,44,58)(H2,45,46,47,48)/t34-/m0/s1. The van der Waals surface area contributed by atoms with Crippen LogP contribution < -0.4 is 32.3 Å². The van der Waals surface area contributed by atoms with Gasteiger partial charge in [0.25, 0.3) is 0 Å². The summed E-state index contributed by atoms with van der Waals surface area (Å²) in [6.45, 7) is 7.48. The number of aromatic nitrogens is 8. The highest BCUT2D eigenvalue weighted by molar-refractivity contribution is 5.90. The molecule has 3 aromatic heterocycles. The first kappa shape index (κ1) is 43.3. The third-order valence-corrected chi connectivity index (χ3v) is 10.7. The van der Waals surface area contributed by atoms with E-state index in [0.29, 0.717) is 31.3 Å². The number of hydrogen-bond acceptors (Lipinski definition) is 15. The summed E-state index contributed by atoms with van der Waals surface area (Å²) in [4.78, 5) is 48.8. The fourth-order valence-corrected chi connectivity index (χ4v) is 7.46. The van der Waals surface area contributed by atoms with Crippen molar-refractivity contribution in [2.75, 3.05) is 50.0 Å². The molecule has 1 aliphatic carbocycles. The summed E-state index contributed by atoms with van der Waals surface area (Å²) in [5.74, 6) is 0.390. The molecule has 4 heterocycles. The number of esters is 1. The van der Waals surface area contributed by atoms with Crippen LogP contribution in [-0.4, -0.2) is 120 Å². The van der Waals surface area contributed by atoms with Crippen LogP contribution in [0, 0.1) is 0 Å². The minimum atomic E-state index is -0.853. The molecule has 0 bridgehead atoms. The molecule has 0 radical (unpaired) electrons. The number of carbonyl (C=O) groups is 3. The SMILES string of the molecule is CCOC(=O)Cn1cc(CNC(=O)[C@@H](N)CCC(=O)N2CCC(Nc3nc(NCc4cn(CCCNCCCNC5CCCCC5)nn4)nc4ccccc34)CC2)nn1. The van der Waals surface area contributed by atoms with Crippen molar-refractivity contribution in [2.45, 2.75) is 122 Å². The number of nitrogens with one attached hydrogen (secondary N) is 5. The first-order valence-corrected chi connectivity index (χ1v) is 21.3. The third-order valence-electron chi connectivity index (χ3n) is 10.7. The van der Waals surface area contributed by atoms with Gasteiger partial charge in [-0.2, -0.15) is 4.98 Å². The molecule has 4 aromatic rings. The number of amides is 2. The lowest BCUT2D eigenvalue weighted by Crippen LogP contribution is -2.44. The van der Waals surface area contributed by atoms with E-state index in [1.165, 1.54) is 36.8 Å². The Morgan fingerprint density at radius 2 is 1.63 bits per heavy atom. The Morgan fingerprint density at radius 1 is 0.881 bits per heavy atom. The maximum absolute atomic E-state index is 13.1. The van der Waals surface area contributed by atoms with Gasteiger partial charge in [-0.05, 0) is 83.6 Å². The number of para-hydroxylation sites is 1. The molecule has 320 valence electrons. The Kier molecular flexibility index (Phi) is 16.7. The number of carbonyl (C=O) groups excluding carboxylic acids is 3. The molecular weight excluding hydrogens is 755 g/mol. The van der Waals surface area contributed by atoms with Gasteiger partial charge in [-0.15, -0.1) is 10.2 Å². The molecule has 1 atom stereocenters. The maximum atomic E-state index is 13.1. The van der Waals surface area contributed by atoms with Crippen molar-refractivity contribution in [1.82, 2.24) is 60.8 Å². The molecule has 1 saturated heterocycles. The zero-order valence-corrected chi connectivity index (χ0v) is 34.3. The Hall–Kier alpha value is -5.27. The molecule has 19 heteroatoms. The summed E-state index contributed by atoms with van der Waals surface area (Å²) >= 11 is 0. The quantitative estimate of drug-likeness (QED) is 0.0465. The molecule has 2 aliphatic rings. The van der Waals surface area contributed by atoms with E-state index in [4.69, 9.17) is 20.4 Å². The van der Waals surface area contributed by atoms with E-state index in [1.807, 2.05) is 40.0 Å². The Morgan fingerprint density at radius 3 is 2.44 bits per heavy atom. The number of fused-ring (bicyclic) bond motifs is 1. The molecule has 0 unspecified atom stereocenters. The zero-order chi connectivity index (χ0) is 41.2. The maximum Gasteiger partial charge on any atom is 0.327 e. The molecule has 1 aliphatic heterocycles. The van der Waals surface area contributed by atoms with E-state index in [2.05, 4.69) is 47.2 Å². The molecule has 19 nitrogen and oxygen atoms in total. The molecule has 6 rings (SSSR count). The fourth-order valence-electron chi connectivity index (χ4n) is 7.46. The van der Waals surface area contributed by atoms with Crippen molar-refractivity contribution >= 4 is 40.5 Å². The molecule has 2 amide bonds. The van der Waals surface area contributed by atoms with Crippen molar-refractivity contribution in [3.05, 3.63) is 48.0 Å². The van der Waals surface area contributed by atoms with Crippen LogP contribution in [0.25, 0.3) is 10.9 Å². The van der Waals surface area contributed by atoms with E-state index in [9.17, 15) is 14.4 Å². The van der Waals surface area contributed by atoms with Gasteiger partial charge in [0, 0.05) is 43.5 Å². The van der Waals surface area contributed by atoms with Crippen LogP contribution in [0.5, 0.6) is 0 Å². The number of hydrogen-bond donors (Lipinski definition) is 6. The van der Waals surface area contributed by atoms with E-state index < -0.39 is 12.0 Å². The van der Waals surface area contributed by atoms with E-state index in [-0.39, 0.29) is 50.4 Å². The summed E-state index contributed by atoms with van der Waals surface area (Å²) in [7, 11) is 0. The van der Waals surface area contributed by atoms with Crippen molar-refractivity contribution in [3.8, 4) is 0 Å². The second kappa shape index (κ2) is 22.8. The van der Waals surface area contributed by atoms with Crippen molar-refractivity contribution in [3.63, 3.8) is 0 Å². The zero-order valence-electron chi connectivity index (χ0n) is 34.3. The first-order valence-electron chi connectivity index (χ1n) is 21.3. The van der Waals surface area contributed by atoms with Crippen molar-refractivity contribution in [1.29, 1.82) is 0 Å². The highest BCUT2D eigenvalue weighted by Gasteiger charge is 2.25. The average Bonchev–Trinajstić information content (AvgIpc) is 3.91. The molecule has 1 aromatic carbocycles. The Balaban J connectivity index is 0.881. The lowest BCUT2D eigenvalue weighted by atomic mass is 9.95. The van der Waals surface area contributed by atoms with Crippen LogP contribution >= 0.6 is 0 Å². The molecule has 7 N–H and O–H groups in total. The fraction of sp³-hybridized carbons (Fsp3) is 0.625. The van der Waals surface area contributed by atoms with Crippen LogP contribution in [-0.2, 0) is 45.3 Å². The average molecular weight is 816 g/mol. The second-order valence-corrected chi connectivity index (χ2v) is 15.4. The second-order valence-electron chi connectivity index (χ2n) is 15.4. The van der Waals surface area contributed by atoms with Crippen LogP contribution in [0.3, 0.4) is 0 Å². The smallest absolute Gasteiger partial charge is 0.327 e. The number of aryl methyl sites for hydroxylation is 1. The number of anilines is 2. The van der Waals surface area contributed by atoms with Gasteiger partial charge in [-0.3, -0.25) is 19.1 Å². The van der Waals surface area contributed by atoms with Crippen LogP contribution in [0.15, 0.2) is 36.7 Å². The van der Waals surface area contributed by atoms with Gasteiger partial charge in [-0.25, -0.2) is 9.67 Å². The monoisotopic (exact) mass is 816 g/mol. The number of ether oxygens (including phenoxy) is 1. The minimum Gasteiger partial charge on any atom is -0.465 e. The van der Waals surface area contributed by atoms with Crippen LogP contribution in [0.2, 0.25) is 0 Å². The largest absolute Gasteiger partial charge is 0.465 e. The molecular formula is C40H61N15O4. The third kappa shape index (κ3) is 13.9. The summed E-state index contributed by atoms with van der Waals surface area (Å²) in [6.07, 6.45) is 14.3. The Labute approximate surface area is 345 Å². The first-order chi connectivity index (χ1) is 28.8. The van der Waals surface area contributed by atoms with Gasteiger partial charge in [0.2, 0.25) is 17.8 Å². The topological polar surface area (TPSA) is 237 Å². The van der Waals surface area contributed by atoms with Crippen LogP contribution in [0.1, 0.15) is 88.9 Å². The van der Waals surface area contributed by atoms with Gasteiger partial charge in [0.05, 0.1) is 43.6 Å². The lowest BCUT2D eigenvalue weighted by Gasteiger charge is -2.33. The van der Waals surface area contributed by atoms with Gasteiger partial charge in [-0.1, -0.05) is 41.8 Å². The van der Waals surface area contributed by atoms with Crippen LogP contribution in [0.4, 0.5) is 11.8 Å². The summed E-state index contributed by atoms with van der Waals surface area (Å²) in [5.41, 5.74) is 8.22. The molecule has 2 fully saturated rings. The number of nitrogens with zero attached hydrogens (tertiary/aromatic N) is 9. The number of benzene rings is 1. The summed E-state index contributed by atoms with van der Waals surface area (Å²) < 4.78 is 8.13. The number of piperidine rings is 1. The predicted molar refractivity (Wildman–Crippen MR) is 223 cm³/mol. The van der Waals surface area contributed by atoms with Crippen molar-refractivity contribution in [2.24, 2.45) is 5.73 Å². The summed E-state index contributed by atoms with van der Waals surface area (Å²) in [6, 6.07) is 7.88. The van der Waals surface area contributed by atoms with Gasteiger partial charge in [0.1, 0.15) is 23.8 Å². The van der Waals surface area contributed by atoms with Gasteiger partial charge in [0.15, 0.2) is 0 Å². The molecule has 59 heavy (non-hydrogen) atoms. The summed E-state index contributed by atoms with van der Waals surface area (Å²) in [5, 5.41) is 34.3. The molecule has 0 spiro atoms.